The summed E-state index contributed by atoms with van der Waals surface area (Å²) < 4.78 is 3.14. The smallest absolute Gasteiger partial charge is 0.286 e. The van der Waals surface area contributed by atoms with Gasteiger partial charge in [-0.2, -0.15) is 4.57 Å². The average molecular weight is 827 g/mol. The van der Waals surface area contributed by atoms with Crippen molar-refractivity contribution in [3.63, 3.8) is 0 Å². The summed E-state index contributed by atoms with van der Waals surface area (Å²) in [7, 11) is 2.86. The Bertz CT molecular complexity index is 2150. The molecular formula is C42H46N6O4S4+2. The highest BCUT2D eigenvalue weighted by Gasteiger charge is 2.21. The van der Waals surface area contributed by atoms with E-state index in [9.17, 15) is 19.2 Å². The van der Waals surface area contributed by atoms with Crippen molar-refractivity contribution >= 4 is 114 Å². The predicted octanol–water partition coefficient (Wildman–Crippen LogP) is 6.89. The van der Waals surface area contributed by atoms with Crippen LogP contribution in [0.5, 0.6) is 0 Å². The van der Waals surface area contributed by atoms with Crippen molar-refractivity contribution in [1.29, 1.82) is 0 Å². The van der Waals surface area contributed by atoms with Crippen molar-refractivity contribution in [2.45, 2.75) is 25.3 Å². The molecule has 0 aliphatic carbocycles. The largest absolute Gasteiger partial charge is 0.375 e. The fourth-order valence-corrected chi connectivity index (χ4v) is 9.26. The molecule has 0 saturated heterocycles. The number of hydrogen-bond acceptors (Lipinski definition) is 8. The second-order valence-electron chi connectivity index (χ2n) is 12.4. The Hall–Kier alpha value is -5.02. The summed E-state index contributed by atoms with van der Waals surface area (Å²) in [5, 5.41) is 15.8. The number of benzene rings is 4. The maximum atomic E-state index is 13.0. The van der Waals surface area contributed by atoms with Crippen molar-refractivity contribution in [2.24, 2.45) is 0 Å². The van der Waals surface area contributed by atoms with Crippen LogP contribution in [0, 0.1) is 0 Å². The average Bonchev–Trinajstić information content (AvgIpc) is 3.53. The molecule has 0 radical (unpaired) electrons. The van der Waals surface area contributed by atoms with E-state index < -0.39 is 0 Å². The molecule has 5 N–H and O–H groups in total. The van der Waals surface area contributed by atoms with Gasteiger partial charge in [0.1, 0.15) is 10.5 Å². The second-order valence-corrected chi connectivity index (χ2v) is 17.4. The number of rotatable bonds is 20. The van der Waals surface area contributed by atoms with Gasteiger partial charge in [0.05, 0.1) is 29.6 Å². The fourth-order valence-electron chi connectivity index (χ4n) is 5.37. The van der Waals surface area contributed by atoms with Gasteiger partial charge in [0.15, 0.2) is 0 Å². The minimum atomic E-state index is -0.109. The summed E-state index contributed by atoms with van der Waals surface area (Å²) in [6.07, 6.45) is 8.17. The minimum absolute atomic E-state index is 0.0456. The third-order valence-corrected chi connectivity index (χ3v) is 12.7. The van der Waals surface area contributed by atoms with Crippen molar-refractivity contribution in [2.75, 3.05) is 52.8 Å². The Balaban J connectivity index is 0.961. The molecule has 290 valence electrons. The van der Waals surface area contributed by atoms with Gasteiger partial charge in [-0.3, -0.25) is 19.2 Å². The standard InChI is InChI=1S/C42H44N6O4S4/c1-30(49)46-34-18-13-32(14-19-34)8-7-25-53-38-11-5-3-9-36(38)45-28-40(51)43-23-26-54-55-27-24-44-41(52)29-48-37-10-4-6-12-39(37)56-42(48)22-17-33-15-20-35(21-16-33)47-31(2)50/h3-22,45H,23-29H2,1-2H3,(H3,43,44,46,49,51,52)/p+2/b8-7+. The van der Waals surface area contributed by atoms with Crippen molar-refractivity contribution < 1.29 is 23.7 Å². The molecule has 1 heterocycles. The van der Waals surface area contributed by atoms with E-state index in [1.165, 1.54) is 13.8 Å². The van der Waals surface area contributed by atoms with Gasteiger partial charge in [-0.15, -0.1) is 11.8 Å². The van der Waals surface area contributed by atoms with Gasteiger partial charge in [0.2, 0.25) is 29.8 Å². The van der Waals surface area contributed by atoms with Crippen LogP contribution in [0.15, 0.2) is 108 Å². The number of fused-ring (bicyclic) bond motifs is 1. The SMILES string of the molecule is CC(=O)Nc1ccc(/C=C/CSc2ccccc2NCC(=O)NCCS[SH+]CCNC(=O)C[n+]2c(/C=C/c3ccc(NC(C)=O)cc3)sc3ccccc32)cc1. The van der Waals surface area contributed by atoms with Crippen LogP contribution in [-0.4, -0.2) is 60.5 Å². The molecule has 0 bridgehead atoms. The van der Waals surface area contributed by atoms with Crippen LogP contribution in [0.1, 0.15) is 30.0 Å². The highest BCUT2D eigenvalue weighted by molar-refractivity contribution is 8.66. The zero-order valence-corrected chi connectivity index (χ0v) is 34.6. The normalized spacial score (nSPS) is 11.2. The fraction of sp³-hybridized carbons (Fsp3) is 0.214. The molecule has 0 aliphatic heterocycles. The van der Waals surface area contributed by atoms with Crippen LogP contribution < -0.4 is 31.2 Å². The maximum absolute atomic E-state index is 13.0. The third-order valence-electron chi connectivity index (χ3n) is 7.92. The van der Waals surface area contributed by atoms with Crippen LogP contribution in [0.2, 0.25) is 0 Å². The first-order valence-electron chi connectivity index (χ1n) is 18.0. The van der Waals surface area contributed by atoms with Gasteiger partial charge in [-0.25, -0.2) is 0 Å². The number of thiazole rings is 1. The molecular weight excluding hydrogens is 781 g/mol. The van der Waals surface area contributed by atoms with Crippen LogP contribution in [0.4, 0.5) is 17.1 Å². The Morgan fingerprint density at radius 1 is 0.732 bits per heavy atom. The lowest BCUT2D eigenvalue weighted by Gasteiger charge is -2.11. The van der Waals surface area contributed by atoms with Crippen LogP contribution >= 0.6 is 33.9 Å². The number of aromatic nitrogens is 1. The summed E-state index contributed by atoms with van der Waals surface area (Å²) in [6.45, 7) is 4.51. The van der Waals surface area contributed by atoms with E-state index in [1.54, 1.807) is 33.9 Å². The molecule has 0 spiro atoms. The van der Waals surface area contributed by atoms with Gasteiger partial charge in [-0.1, -0.05) is 72.0 Å². The molecule has 1 aromatic heterocycles. The number of nitrogens with one attached hydrogen (secondary N) is 5. The Labute approximate surface area is 343 Å². The lowest BCUT2D eigenvalue weighted by atomic mass is 10.2. The number of carbonyl (C=O) groups is 4. The number of hydrogen-bond donors (Lipinski definition) is 5. The summed E-state index contributed by atoms with van der Waals surface area (Å²) in [5.74, 6) is 2.03. The molecule has 0 saturated carbocycles. The number of thioether (sulfide) groups is 1. The third kappa shape index (κ3) is 14.2. The van der Waals surface area contributed by atoms with E-state index in [0.29, 0.717) is 13.1 Å². The van der Waals surface area contributed by atoms with Crippen LogP contribution in [-0.2, 0) is 36.5 Å². The monoisotopic (exact) mass is 826 g/mol. The molecule has 14 heteroatoms. The van der Waals surface area contributed by atoms with E-state index in [1.807, 2.05) is 114 Å². The van der Waals surface area contributed by atoms with Crippen LogP contribution in [0.25, 0.3) is 28.4 Å². The lowest BCUT2D eigenvalue weighted by molar-refractivity contribution is -0.655. The van der Waals surface area contributed by atoms with Gasteiger partial charge in [0, 0.05) is 71.0 Å². The summed E-state index contributed by atoms with van der Waals surface area (Å²) >= 11 is 3.32. The Morgan fingerprint density at radius 2 is 1.38 bits per heavy atom. The highest BCUT2D eigenvalue weighted by atomic mass is 33.1. The molecule has 4 aromatic carbocycles. The van der Waals surface area contributed by atoms with E-state index >= 15 is 0 Å². The zero-order valence-electron chi connectivity index (χ0n) is 31.2. The van der Waals surface area contributed by atoms with Gasteiger partial charge >= 0.3 is 0 Å². The molecule has 56 heavy (non-hydrogen) atoms. The van der Waals surface area contributed by atoms with Gasteiger partial charge in [-0.05, 0) is 59.7 Å². The van der Waals surface area contributed by atoms with Gasteiger partial charge in [0.25, 0.3) is 10.9 Å². The molecule has 0 fully saturated rings. The van der Waals surface area contributed by atoms with Crippen LogP contribution in [0.3, 0.4) is 0 Å². The molecule has 0 aliphatic rings. The quantitative estimate of drug-likeness (QED) is 0.0144. The number of carbonyl (C=O) groups excluding carboxylic acids is 4. The zero-order chi connectivity index (χ0) is 39.5. The number of anilines is 3. The molecule has 10 nitrogen and oxygen atoms in total. The number of nitrogens with zero attached hydrogens (tertiary/aromatic N) is 1. The minimum Gasteiger partial charge on any atom is -0.375 e. The van der Waals surface area contributed by atoms with Crippen molar-refractivity contribution in [3.05, 3.63) is 119 Å². The van der Waals surface area contributed by atoms with Crippen molar-refractivity contribution in [1.82, 2.24) is 10.6 Å². The predicted molar refractivity (Wildman–Crippen MR) is 239 cm³/mol. The first kappa shape index (κ1) is 42.1. The highest BCUT2D eigenvalue weighted by Crippen LogP contribution is 2.27. The Kier molecular flexibility index (Phi) is 16.9. The van der Waals surface area contributed by atoms with E-state index in [-0.39, 0.29) is 36.7 Å². The molecule has 5 rings (SSSR count). The summed E-state index contributed by atoms with van der Waals surface area (Å²) in [5.41, 5.74) is 5.49. The van der Waals surface area contributed by atoms with E-state index in [4.69, 9.17) is 0 Å². The second kappa shape index (κ2) is 22.5. The topological polar surface area (TPSA) is 132 Å². The lowest BCUT2D eigenvalue weighted by Crippen LogP contribution is -2.44. The van der Waals surface area contributed by atoms with Gasteiger partial charge < -0.3 is 26.6 Å². The summed E-state index contributed by atoms with van der Waals surface area (Å²) in [6, 6.07) is 31.3. The number of amides is 4. The molecule has 5 aromatic rings. The Morgan fingerprint density at radius 3 is 2.09 bits per heavy atom. The van der Waals surface area contributed by atoms with E-state index in [2.05, 4.69) is 38.7 Å². The first-order valence-corrected chi connectivity index (χ1v) is 22.5. The number of para-hydroxylation sites is 2. The maximum Gasteiger partial charge on any atom is 0.286 e. The molecule has 4 amide bonds. The van der Waals surface area contributed by atoms with Crippen molar-refractivity contribution in [3.8, 4) is 0 Å². The summed E-state index contributed by atoms with van der Waals surface area (Å²) in [4.78, 5) is 49.1. The molecule has 0 unspecified atom stereocenters. The van der Waals surface area contributed by atoms with E-state index in [0.717, 1.165) is 76.4 Å². The number of thiol groups is 1. The first-order chi connectivity index (χ1) is 27.2. The molecule has 0 atom stereocenters.